The highest BCUT2D eigenvalue weighted by Crippen LogP contribution is 2.23. The van der Waals surface area contributed by atoms with Gasteiger partial charge in [-0.2, -0.15) is 0 Å². The number of hydrogen-bond donors (Lipinski definition) is 1. The Bertz CT molecular complexity index is 147. The van der Waals surface area contributed by atoms with Crippen LogP contribution in [0.2, 0.25) is 0 Å². The van der Waals surface area contributed by atoms with Gasteiger partial charge in [0.05, 0.1) is 13.2 Å². The quantitative estimate of drug-likeness (QED) is 0.463. The van der Waals surface area contributed by atoms with Gasteiger partial charge in [-0.15, -0.1) is 6.42 Å². The second kappa shape index (κ2) is 2.02. The van der Waals surface area contributed by atoms with Crippen LogP contribution in [0.1, 0.15) is 6.92 Å². The fourth-order valence-corrected chi connectivity index (χ4v) is 0.855. The van der Waals surface area contributed by atoms with E-state index in [4.69, 9.17) is 11.2 Å². The monoisotopic (exact) mass is 126 g/mol. The Hall–Kier alpha value is -0.520. The van der Waals surface area contributed by atoms with E-state index < -0.39 is 5.60 Å². The summed E-state index contributed by atoms with van der Waals surface area (Å²) in [5, 5.41) is 9.41. The molecule has 0 aromatic carbocycles. The van der Waals surface area contributed by atoms with Crippen molar-refractivity contribution in [2.45, 2.75) is 12.5 Å². The molecule has 1 aliphatic rings. The smallest absolute Gasteiger partial charge is 0.153 e. The average molecular weight is 126 g/mol. The molecule has 1 saturated heterocycles. The second-order valence-electron chi connectivity index (χ2n) is 2.48. The fraction of sp³-hybridized carbons (Fsp3) is 0.714. The van der Waals surface area contributed by atoms with Gasteiger partial charge in [0, 0.05) is 5.92 Å². The van der Waals surface area contributed by atoms with Crippen LogP contribution in [0.4, 0.5) is 0 Å². The van der Waals surface area contributed by atoms with Gasteiger partial charge in [-0.1, -0.05) is 12.8 Å². The van der Waals surface area contributed by atoms with Crippen LogP contribution in [-0.2, 0) is 4.74 Å². The molecule has 1 fully saturated rings. The molecule has 1 heterocycles. The predicted molar refractivity (Wildman–Crippen MR) is 33.8 cm³/mol. The van der Waals surface area contributed by atoms with Gasteiger partial charge >= 0.3 is 0 Å². The number of aliphatic hydroxyl groups is 1. The molecule has 2 unspecified atom stereocenters. The summed E-state index contributed by atoms with van der Waals surface area (Å²) >= 11 is 0. The molecule has 0 aromatic heterocycles. The van der Waals surface area contributed by atoms with Gasteiger partial charge in [-0.3, -0.25) is 0 Å². The van der Waals surface area contributed by atoms with Crippen molar-refractivity contribution in [2.24, 2.45) is 5.92 Å². The highest BCUT2D eigenvalue weighted by molar-refractivity contribution is 5.12. The first-order valence-electron chi connectivity index (χ1n) is 2.97. The Kier molecular flexibility index (Phi) is 1.48. The van der Waals surface area contributed by atoms with Gasteiger partial charge in [0.25, 0.3) is 0 Å². The molecule has 2 heteroatoms. The highest BCUT2D eigenvalue weighted by atomic mass is 16.5. The zero-order chi connectivity index (χ0) is 6.91. The zero-order valence-corrected chi connectivity index (χ0v) is 5.42. The summed E-state index contributed by atoms with van der Waals surface area (Å²) in [7, 11) is 0. The number of ether oxygens (including phenoxy) is 1. The van der Waals surface area contributed by atoms with Crippen LogP contribution in [0.25, 0.3) is 0 Å². The van der Waals surface area contributed by atoms with Crippen LogP contribution in [0.15, 0.2) is 0 Å². The van der Waals surface area contributed by atoms with Gasteiger partial charge in [-0.25, -0.2) is 0 Å². The third-order valence-electron chi connectivity index (χ3n) is 1.76. The van der Waals surface area contributed by atoms with E-state index in [1.165, 1.54) is 0 Å². The summed E-state index contributed by atoms with van der Waals surface area (Å²) in [5.74, 6) is 2.39. The molecule has 0 amide bonds. The Morgan fingerprint density at radius 3 is 2.78 bits per heavy atom. The Labute approximate surface area is 54.8 Å². The number of rotatable bonds is 0. The van der Waals surface area contributed by atoms with Crippen LogP contribution in [-0.4, -0.2) is 23.9 Å². The zero-order valence-electron chi connectivity index (χ0n) is 5.42. The van der Waals surface area contributed by atoms with Crippen molar-refractivity contribution >= 4 is 0 Å². The lowest BCUT2D eigenvalue weighted by Crippen LogP contribution is -2.33. The lowest BCUT2D eigenvalue weighted by Gasteiger charge is -2.17. The van der Waals surface area contributed by atoms with Crippen molar-refractivity contribution in [3.05, 3.63) is 0 Å². The molecule has 50 valence electrons. The van der Waals surface area contributed by atoms with E-state index in [2.05, 4.69) is 5.92 Å². The molecular formula is C7H10O2. The standard InChI is InChI=1S/C7H10O2/c1-3-7(8)5-9-4-6(7)2/h1,6,8H,4-5H2,2H3. The Morgan fingerprint density at radius 2 is 2.56 bits per heavy atom. The number of terminal acetylenes is 1. The topological polar surface area (TPSA) is 29.5 Å². The molecule has 2 atom stereocenters. The summed E-state index contributed by atoms with van der Waals surface area (Å²) in [5.41, 5.74) is -1.00. The Morgan fingerprint density at radius 1 is 1.89 bits per heavy atom. The van der Waals surface area contributed by atoms with Crippen LogP contribution >= 0.6 is 0 Å². The molecule has 2 nitrogen and oxygen atoms in total. The average Bonchev–Trinajstić information content (AvgIpc) is 2.15. The summed E-state index contributed by atoms with van der Waals surface area (Å²) in [6, 6.07) is 0. The first-order valence-corrected chi connectivity index (χ1v) is 2.97. The molecule has 0 bridgehead atoms. The third-order valence-corrected chi connectivity index (χ3v) is 1.76. The summed E-state index contributed by atoms with van der Waals surface area (Å²) < 4.78 is 4.97. The van der Waals surface area contributed by atoms with Crippen molar-refractivity contribution in [1.29, 1.82) is 0 Å². The van der Waals surface area contributed by atoms with E-state index >= 15 is 0 Å². The maximum atomic E-state index is 9.41. The molecule has 1 N–H and O–H groups in total. The van der Waals surface area contributed by atoms with Crippen LogP contribution in [0.5, 0.6) is 0 Å². The van der Waals surface area contributed by atoms with Crippen molar-refractivity contribution in [2.75, 3.05) is 13.2 Å². The summed E-state index contributed by atoms with van der Waals surface area (Å²) in [4.78, 5) is 0. The van der Waals surface area contributed by atoms with Crippen molar-refractivity contribution in [1.82, 2.24) is 0 Å². The molecule has 0 aromatic rings. The molecule has 0 saturated carbocycles. The predicted octanol–water partition coefficient (Wildman–Crippen LogP) is 0.0170. The van der Waals surface area contributed by atoms with E-state index in [0.717, 1.165) is 0 Å². The maximum absolute atomic E-state index is 9.41. The van der Waals surface area contributed by atoms with E-state index in [0.29, 0.717) is 6.61 Å². The minimum absolute atomic E-state index is 0.0718. The fourth-order valence-electron chi connectivity index (χ4n) is 0.855. The van der Waals surface area contributed by atoms with E-state index in [9.17, 15) is 5.11 Å². The largest absolute Gasteiger partial charge is 0.377 e. The minimum Gasteiger partial charge on any atom is -0.377 e. The maximum Gasteiger partial charge on any atom is 0.153 e. The lowest BCUT2D eigenvalue weighted by molar-refractivity contribution is 0.0602. The molecule has 0 spiro atoms. The van der Waals surface area contributed by atoms with Gasteiger partial charge in [0.1, 0.15) is 0 Å². The van der Waals surface area contributed by atoms with Gasteiger partial charge < -0.3 is 9.84 Å². The van der Waals surface area contributed by atoms with Gasteiger partial charge in [0.2, 0.25) is 0 Å². The first kappa shape index (κ1) is 6.60. The Balaban J connectivity index is 2.70. The van der Waals surface area contributed by atoms with Crippen LogP contribution in [0.3, 0.4) is 0 Å². The highest BCUT2D eigenvalue weighted by Gasteiger charge is 2.37. The van der Waals surface area contributed by atoms with Crippen molar-refractivity contribution in [3.63, 3.8) is 0 Å². The van der Waals surface area contributed by atoms with Gasteiger partial charge in [0.15, 0.2) is 5.60 Å². The van der Waals surface area contributed by atoms with Crippen LogP contribution < -0.4 is 0 Å². The molecule has 1 aliphatic heterocycles. The number of hydrogen-bond acceptors (Lipinski definition) is 2. The molecule has 1 rings (SSSR count). The van der Waals surface area contributed by atoms with Crippen molar-refractivity contribution < 1.29 is 9.84 Å². The SMILES string of the molecule is C#CC1(O)COCC1C. The van der Waals surface area contributed by atoms with E-state index in [1.807, 2.05) is 6.92 Å². The third kappa shape index (κ3) is 0.937. The molecule has 9 heavy (non-hydrogen) atoms. The van der Waals surface area contributed by atoms with Crippen molar-refractivity contribution in [3.8, 4) is 12.3 Å². The van der Waals surface area contributed by atoms with E-state index in [-0.39, 0.29) is 12.5 Å². The van der Waals surface area contributed by atoms with E-state index in [1.54, 1.807) is 0 Å². The molecular weight excluding hydrogens is 116 g/mol. The van der Waals surface area contributed by atoms with Gasteiger partial charge in [-0.05, 0) is 0 Å². The molecule has 0 aliphatic carbocycles. The minimum atomic E-state index is -1.00. The second-order valence-corrected chi connectivity index (χ2v) is 2.48. The lowest BCUT2D eigenvalue weighted by atomic mass is 9.94. The summed E-state index contributed by atoms with van der Waals surface area (Å²) in [6.45, 7) is 2.73. The first-order chi connectivity index (χ1) is 4.19. The summed E-state index contributed by atoms with van der Waals surface area (Å²) in [6.07, 6.45) is 5.08. The normalized spacial score (nSPS) is 42.6. The molecule has 0 radical (unpaired) electrons. The van der Waals surface area contributed by atoms with Crippen LogP contribution in [0, 0.1) is 18.3 Å².